The number of benzene rings is 1. The van der Waals surface area contributed by atoms with Crippen LogP contribution in [0.5, 0.6) is 5.75 Å². The van der Waals surface area contributed by atoms with Gasteiger partial charge in [-0.15, -0.1) is 11.8 Å². The average Bonchev–Trinajstić information content (AvgIpc) is 2.54. The molecule has 1 heterocycles. The first kappa shape index (κ1) is 17.7. The molecule has 126 valence electrons. The molecule has 5 nitrogen and oxygen atoms in total. The molecule has 0 spiro atoms. The third-order valence-electron chi connectivity index (χ3n) is 4.24. The Kier molecular flexibility index (Phi) is 5.57. The van der Waals surface area contributed by atoms with Gasteiger partial charge in [0.05, 0.1) is 17.8 Å². The number of aliphatic carboxylic acids is 1. The Morgan fingerprint density at radius 2 is 2.00 bits per heavy atom. The second kappa shape index (κ2) is 7.25. The predicted octanol–water partition coefficient (Wildman–Crippen LogP) is 2.89. The van der Waals surface area contributed by atoms with E-state index in [0.717, 1.165) is 17.1 Å². The van der Waals surface area contributed by atoms with Crippen molar-refractivity contribution in [2.24, 2.45) is 5.41 Å². The van der Waals surface area contributed by atoms with Crippen LogP contribution in [0, 0.1) is 5.41 Å². The summed E-state index contributed by atoms with van der Waals surface area (Å²) in [4.78, 5) is 26.7. The van der Waals surface area contributed by atoms with Crippen molar-refractivity contribution in [1.29, 1.82) is 0 Å². The number of piperidine rings is 1. The highest BCUT2D eigenvalue weighted by molar-refractivity contribution is 8.00. The second-order valence-electron chi connectivity index (χ2n) is 6.16. The smallest absolute Gasteiger partial charge is 0.311 e. The minimum atomic E-state index is -0.835. The maximum atomic E-state index is 12.6. The third kappa shape index (κ3) is 4.19. The van der Waals surface area contributed by atoms with E-state index in [1.807, 2.05) is 31.2 Å². The molecule has 1 aromatic carbocycles. The van der Waals surface area contributed by atoms with E-state index in [2.05, 4.69) is 0 Å². The van der Waals surface area contributed by atoms with E-state index in [0.29, 0.717) is 13.0 Å². The van der Waals surface area contributed by atoms with Gasteiger partial charge in [-0.1, -0.05) is 0 Å². The summed E-state index contributed by atoms with van der Waals surface area (Å²) in [6.45, 7) is 4.50. The van der Waals surface area contributed by atoms with Crippen LogP contribution in [0.15, 0.2) is 29.2 Å². The van der Waals surface area contributed by atoms with Crippen LogP contribution >= 0.6 is 11.8 Å². The Balaban J connectivity index is 1.99. The van der Waals surface area contributed by atoms with Gasteiger partial charge in [0, 0.05) is 18.0 Å². The van der Waals surface area contributed by atoms with Crippen LogP contribution in [-0.4, -0.2) is 47.3 Å². The monoisotopic (exact) mass is 337 g/mol. The highest BCUT2D eigenvalue weighted by Crippen LogP contribution is 2.32. The lowest BCUT2D eigenvalue weighted by Gasteiger charge is -2.38. The molecule has 2 rings (SSSR count). The molecule has 2 atom stereocenters. The predicted molar refractivity (Wildman–Crippen MR) is 89.9 cm³/mol. The van der Waals surface area contributed by atoms with E-state index >= 15 is 0 Å². The lowest BCUT2D eigenvalue weighted by molar-refractivity contribution is -0.153. The number of likely N-dealkylation sites (tertiary alicyclic amines) is 1. The van der Waals surface area contributed by atoms with Crippen LogP contribution in [0.4, 0.5) is 0 Å². The fraction of sp³-hybridized carbons (Fsp3) is 0.529. The number of rotatable bonds is 5. The van der Waals surface area contributed by atoms with Gasteiger partial charge in [0.25, 0.3) is 0 Å². The zero-order valence-corrected chi connectivity index (χ0v) is 14.6. The van der Waals surface area contributed by atoms with Gasteiger partial charge >= 0.3 is 5.97 Å². The molecule has 1 aromatic rings. The van der Waals surface area contributed by atoms with Gasteiger partial charge in [0.1, 0.15) is 5.75 Å². The quantitative estimate of drug-likeness (QED) is 0.837. The van der Waals surface area contributed by atoms with Crippen LogP contribution < -0.4 is 4.74 Å². The number of thioether (sulfide) groups is 1. The summed E-state index contributed by atoms with van der Waals surface area (Å²) in [5, 5.41) is 9.11. The van der Waals surface area contributed by atoms with E-state index in [-0.39, 0.29) is 17.7 Å². The van der Waals surface area contributed by atoms with Gasteiger partial charge in [-0.05, 0) is 51.0 Å². The van der Waals surface area contributed by atoms with E-state index in [4.69, 9.17) is 4.74 Å². The number of methoxy groups -OCH3 is 1. The summed E-state index contributed by atoms with van der Waals surface area (Å²) in [5.74, 6) is -0.0509. The minimum Gasteiger partial charge on any atom is -0.497 e. The lowest BCUT2D eigenvalue weighted by atomic mass is 9.82. The number of nitrogens with zero attached hydrogens (tertiary/aromatic N) is 1. The number of carboxylic acid groups (broad SMARTS) is 1. The molecule has 1 aliphatic rings. The van der Waals surface area contributed by atoms with E-state index in [1.54, 1.807) is 18.9 Å². The Bertz CT molecular complexity index is 574. The number of carbonyl (C=O) groups excluding carboxylic acids is 1. The summed E-state index contributed by atoms with van der Waals surface area (Å²) >= 11 is 1.48. The lowest BCUT2D eigenvalue weighted by Crippen LogP contribution is -2.50. The fourth-order valence-corrected chi connectivity index (χ4v) is 3.72. The molecule has 0 saturated carbocycles. The highest BCUT2D eigenvalue weighted by Gasteiger charge is 2.40. The van der Waals surface area contributed by atoms with Crippen LogP contribution in [-0.2, 0) is 9.59 Å². The molecule has 1 saturated heterocycles. The number of carbonyl (C=O) groups is 2. The van der Waals surface area contributed by atoms with Crippen molar-refractivity contribution in [1.82, 2.24) is 4.90 Å². The number of amides is 1. The van der Waals surface area contributed by atoms with Crippen molar-refractivity contribution < 1.29 is 19.4 Å². The van der Waals surface area contributed by atoms with Crippen molar-refractivity contribution in [3.63, 3.8) is 0 Å². The molecule has 1 N–H and O–H groups in total. The topological polar surface area (TPSA) is 66.8 Å². The Hall–Kier alpha value is -1.69. The molecule has 6 heteroatoms. The van der Waals surface area contributed by atoms with Gasteiger partial charge in [-0.25, -0.2) is 0 Å². The van der Waals surface area contributed by atoms with E-state index in [9.17, 15) is 14.7 Å². The number of hydrogen-bond acceptors (Lipinski definition) is 4. The zero-order chi connectivity index (χ0) is 17.0. The van der Waals surface area contributed by atoms with E-state index in [1.165, 1.54) is 11.8 Å². The molecular formula is C17H23NO4S. The van der Waals surface area contributed by atoms with Gasteiger partial charge in [-0.2, -0.15) is 0 Å². The Morgan fingerprint density at radius 3 is 2.57 bits per heavy atom. The van der Waals surface area contributed by atoms with Crippen molar-refractivity contribution >= 4 is 23.6 Å². The first-order valence-corrected chi connectivity index (χ1v) is 8.56. The largest absolute Gasteiger partial charge is 0.497 e. The van der Waals surface area contributed by atoms with Gasteiger partial charge < -0.3 is 14.7 Å². The second-order valence-corrected chi connectivity index (χ2v) is 7.58. The summed E-state index contributed by atoms with van der Waals surface area (Å²) in [6.07, 6.45) is 1.35. The molecule has 0 aliphatic carbocycles. The Morgan fingerprint density at radius 1 is 1.35 bits per heavy atom. The molecule has 1 aliphatic heterocycles. The first-order chi connectivity index (χ1) is 10.9. The maximum absolute atomic E-state index is 12.6. The van der Waals surface area contributed by atoms with Gasteiger partial charge in [0.15, 0.2) is 0 Å². The molecule has 2 unspecified atom stereocenters. The van der Waals surface area contributed by atoms with Crippen molar-refractivity contribution in [3.05, 3.63) is 24.3 Å². The fourth-order valence-electron chi connectivity index (χ4n) is 2.77. The molecule has 0 aromatic heterocycles. The number of hydrogen-bond donors (Lipinski definition) is 1. The van der Waals surface area contributed by atoms with Crippen LogP contribution in [0.3, 0.4) is 0 Å². The van der Waals surface area contributed by atoms with Crippen LogP contribution in [0.2, 0.25) is 0 Å². The zero-order valence-electron chi connectivity index (χ0n) is 13.7. The number of ether oxygens (including phenoxy) is 1. The molecule has 0 radical (unpaired) electrons. The summed E-state index contributed by atoms with van der Waals surface area (Å²) < 4.78 is 5.12. The van der Waals surface area contributed by atoms with Crippen molar-refractivity contribution in [2.45, 2.75) is 36.8 Å². The van der Waals surface area contributed by atoms with Crippen LogP contribution in [0.25, 0.3) is 0 Å². The molecule has 0 bridgehead atoms. The molecular weight excluding hydrogens is 314 g/mol. The summed E-state index contributed by atoms with van der Waals surface area (Å²) in [7, 11) is 1.62. The summed E-state index contributed by atoms with van der Waals surface area (Å²) in [6, 6.07) is 7.57. The van der Waals surface area contributed by atoms with Gasteiger partial charge in [-0.3, -0.25) is 9.59 Å². The molecule has 1 fully saturated rings. The van der Waals surface area contributed by atoms with Crippen LogP contribution in [0.1, 0.15) is 26.7 Å². The standard InChI is InChI=1S/C17H23NO4S/c1-12(23-14-7-5-13(22-3)6-8-14)15(19)18-10-4-9-17(2,11-18)16(20)21/h5-8,12H,4,9-11H2,1-3H3,(H,20,21). The van der Waals surface area contributed by atoms with Crippen molar-refractivity contribution in [2.75, 3.05) is 20.2 Å². The maximum Gasteiger partial charge on any atom is 0.311 e. The van der Waals surface area contributed by atoms with Gasteiger partial charge in [0.2, 0.25) is 5.91 Å². The summed E-state index contributed by atoms with van der Waals surface area (Å²) in [5.41, 5.74) is -0.835. The number of carboxylic acids is 1. The average molecular weight is 337 g/mol. The Labute approximate surface area is 141 Å². The van der Waals surface area contributed by atoms with Crippen molar-refractivity contribution in [3.8, 4) is 5.75 Å². The SMILES string of the molecule is COc1ccc(SC(C)C(=O)N2CCCC(C)(C(=O)O)C2)cc1. The molecule has 1 amide bonds. The normalized spacial score (nSPS) is 22.5. The third-order valence-corrected chi connectivity index (χ3v) is 5.34. The molecule has 23 heavy (non-hydrogen) atoms. The minimum absolute atomic E-state index is 0.00186. The first-order valence-electron chi connectivity index (χ1n) is 7.68. The highest BCUT2D eigenvalue weighted by atomic mass is 32.2. The van der Waals surface area contributed by atoms with E-state index < -0.39 is 11.4 Å².